The Morgan fingerprint density at radius 2 is 1.84 bits per heavy atom. The molecule has 0 atom stereocenters. The van der Waals surface area contributed by atoms with Crippen molar-refractivity contribution in [3.8, 4) is 0 Å². The quantitative estimate of drug-likeness (QED) is 0.733. The number of rotatable bonds is 6. The number of anilines is 1. The van der Waals surface area contributed by atoms with Crippen LogP contribution in [-0.4, -0.2) is 23.1 Å². The Hall–Kier alpha value is -0.870. The third kappa shape index (κ3) is 3.18. The second-order valence-electron chi connectivity index (χ2n) is 4.59. The molecule has 0 amide bonds. The maximum atomic E-state index is 6.31. The Morgan fingerprint density at radius 1 is 1.16 bits per heavy atom. The molecule has 0 fully saturated rings. The molecule has 0 spiro atoms. The number of halogens is 1. The van der Waals surface area contributed by atoms with Crippen LogP contribution in [0.2, 0.25) is 5.15 Å². The summed E-state index contributed by atoms with van der Waals surface area (Å²) in [6.07, 6.45) is 3.19. The van der Waals surface area contributed by atoms with Gasteiger partial charge in [0.15, 0.2) is 0 Å². The first-order chi connectivity index (χ1) is 9.19. The van der Waals surface area contributed by atoms with E-state index in [1.54, 1.807) is 11.3 Å². The number of nitrogens with zero attached hydrogens (tertiary/aromatic N) is 3. The van der Waals surface area contributed by atoms with Gasteiger partial charge in [0.1, 0.15) is 9.98 Å². The van der Waals surface area contributed by atoms with Crippen molar-refractivity contribution >= 4 is 39.1 Å². The number of hydrogen-bond donors (Lipinski definition) is 0. The first kappa shape index (κ1) is 14.5. The van der Waals surface area contributed by atoms with E-state index in [0.717, 1.165) is 48.5 Å². The summed E-state index contributed by atoms with van der Waals surface area (Å²) in [5.41, 5.74) is 0. The summed E-state index contributed by atoms with van der Waals surface area (Å²) >= 11 is 8.02. The average Bonchev–Trinajstić information content (AvgIpc) is 2.82. The zero-order valence-corrected chi connectivity index (χ0v) is 13.3. The summed E-state index contributed by atoms with van der Waals surface area (Å²) in [5, 5.41) is 1.56. The molecule has 0 aliphatic rings. The van der Waals surface area contributed by atoms with Gasteiger partial charge < -0.3 is 4.90 Å². The highest BCUT2D eigenvalue weighted by Crippen LogP contribution is 2.30. The van der Waals surface area contributed by atoms with Crippen LogP contribution in [0.25, 0.3) is 10.2 Å². The van der Waals surface area contributed by atoms with Crippen molar-refractivity contribution in [2.24, 2.45) is 0 Å². The van der Waals surface area contributed by atoms with Gasteiger partial charge in [-0.15, -0.1) is 11.3 Å². The predicted molar refractivity (Wildman–Crippen MR) is 84.6 cm³/mol. The topological polar surface area (TPSA) is 29.0 Å². The van der Waals surface area contributed by atoms with Crippen LogP contribution in [0, 0.1) is 0 Å². The Labute approximate surface area is 123 Å². The summed E-state index contributed by atoms with van der Waals surface area (Å²) in [6, 6.07) is 2.11. The highest BCUT2D eigenvalue weighted by atomic mass is 35.5. The molecular formula is C14H20ClN3S. The summed E-state index contributed by atoms with van der Waals surface area (Å²) in [7, 11) is 0. The molecule has 3 nitrogen and oxygen atoms in total. The van der Waals surface area contributed by atoms with Gasteiger partial charge >= 0.3 is 0 Å². The van der Waals surface area contributed by atoms with E-state index in [4.69, 9.17) is 16.6 Å². The molecule has 104 valence electrons. The molecule has 0 saturated carbocycles. The molecule has 0 aromatic carbocycles. The molecule has 0 saturated heterocycles. The molecule has 5 heteroatoms. The summed E-state index contributed by atoms with van der Waals surface area (Å²) < 4.78 is 0. The van der Waals surface area contributed by atoms with E-state index in [1.807, 2.05) is 0 Å². The van der Waals surface area contributed by atoms with E-state index < -0.39 is 0 Å². The molecule has 19 heavy (non-hydrogen) atoms. The first-order valence-electron chi connectivity index (χ1n) is 6.90. The highest BCUT2D eigenvalue weighted by Gasteiger charge is 2.13. The molecule has 0 radical (unpaired) electrons. The summed E-state index contributed by atoms with van der Waals surface area (Å²) in [5.74, 6) is 0.769. The van der Waals surface area contributed by atoms with Crippen molar-refractivity contribution in [3.63, 3.8) is 0 Å². The Bertz CT molecular complexity index is 547. The molecule has 0 unspecified atom stereocenters. The third-order valence-corrected chi connectivity index (χ3v) is 4.47. The van der Waals surface area contributed by atoms with Crippen LogP contribution >= 0.6 is 22.9 Å². The maximum Gasteiger partial charge on any atom is 0.228 e. The van der Waals surface area contributed by atoms with E-state index in [-0.39, 0.29) is 0 Å². The minimum Gasteiger partial charge on any atom is -0.341 e. The van der Waals surface area contributed by atoms with Gasteiger partial charge in [-0.25, -0.2) is 9.97 Å². The van der Waals surface area contributed by atoms with Crippen molar-refractivity contribution in [2.45, 2.75) is 40.0 Å². The molecule has 2 aromatic rings. The lowest BCUT2D eigenvalue weighted by molar-refractivity contribution is 0.724. The first-order valence-corrected chi connectivity index (χ1v) is 8.09. The summed E-state index contributed by atoms with van der Waals surface area (Å²) in [6.45, 7) is 8.43. The molecule has 2 heterocycles. The predicted octanol–water partition coefficient (Wildman–Crippen LogP) is 4.53. The number of fused-ring (bicyclic) bond motifs is 1. The number of aromatic nitrogens is 2. The SMILES string of the molecule is CCCN(CCC)c1nc(Cl)c2cc(CC)sc2n1. The van der Waals surface area contributed by atoms with E-state index in [0.29, 0.717) is 5.15 Å². The van der Waals surface area contributed by atoms with Gasteiger partial charge in [0.05, 0.1) is 0 Å². The van der Waals surface area contributed by atoms with Gasteiger partial charge in [0.2, 0.25) is 5.95 Å². The molecule has 0 N–H and O–H groups in total. The fourth-order valence-electron chi connectivity index (χ4n) is 2.09. The highest BCUT2D eigenvalue weighted by molar-refractivity contribution is 7.18. The van der Waals surface area contributed by atoms with Crippen LogP contribution < -0.4 is 4.90 Å². The third-order valence-electron chi connectivity index (χ3n) is 3.00. The summed E-state index contributed by atoms with van der Waals surface area (Å²) in [4.78, 5) is 13.7. The van der Waals surface area contributed by atoms with Crippen LogP contribution in [-0.2, 0) is 6.42 Å². The van der Waals surface area contributed by atoms with E-state index >= 15 is 0 Å². The van der Waals surface area contributed by atoms with E-state index in [1.165, 1.54) is 4.88 Å². The molecule has 0 aliphatic carbocycles. The zero-order valence-electron chi connectivity index (χ0n) is 11.7. The lowest BCUT2D eigenvalue weighted by atomic mass is 10.3. The zero-order chi connectivity index (χ0) is 13.8. The van der Waals surface area contributed by atoms with E-state index in [9.17, 15) is 0 Å². The Kier molecular flexibility index (Phi) is 4.99. The van der Waals surface area contributed by atoms with Crippen molar-refractivity contribution < 1.29 is 0 Å². The minimum absolute atomic E-state index is 0.577. The number of hydrogen-bond acceptors (Lipinski definition) is 4. The standard InChI is InChI=1S/C14H20ClN3S/c1-4-7-18(8-5-2)14-16-12(15)11-9-10(6-3)19-13(11)17-14/h9H,4-8H2,1-3H3. The average molecular weight is 298 g/mol. The number of thiophene rings is 1. The number of aryl methyl sites for hydroxylation is 1. The van der Waals surface area contributed by atoms with Crippen molar-refractivity contribution in [1.29, 1.82) is 0 Å². The molecule has 2 rings (SSSR count). The van der Waals surface area contributed by atoms with Gasteiger partial charge in [-0.3, -0.25) is 0 Å². The van der Waals surface area contributed by atoms with Crippen LogP contribution in [0.3, 0.4) is 0 Å². The fraction of sp³-hybridized carbons (Fsp3) is 0.571. The van der Waals surface area contributed by atoms with Gasteiger partial charge in [0.25, 0.3) is 0 Å². The smallest absolute Gasteiger partial charge is 0.228 e. The van der Waals surface area contributed by atoms with Crippen LogP contribution in [0.5, 0.6) is 0 Å². The molecule has 0 aliphatic heterocycles. The van der Waals surface area contributed by atoms with Gasteiger partial charge in [0, 0.05) is 23.4 Å². The van der Waals surface area contributed by atoms with Gasteiger partial charge in [-0.2, -0.15) is 0 Å². The molecule has 2 aromatic heterocycles. The second-order valence-corrected chi connectivity index (χ2v) is 6.06. The largest absolute Gasteiger partial charge is 0.341 e. The molecular weight excluding hydrogens is 278 g/mol. The maximum absolute atomic E-state index is 6.31. The minimum atomic E-state index is 0.577. The van der Waals surface area contributed by atoms with Gasteiger partial charge in [-0.05, 0) is 25.3 Å². The second kappa shape index (κ2) is 6.53. The Morgan fingerprint density at radius 3 is 2.42 bits per heavy atom. The monoisotopic (exact) mass is 297 g/mol. The van der Waals surface area contributed by atoms with Crippen molar-refractivity contribution in [3.05, 3.63) is 16.1 Å². The van der Waals surface area contributed by atoms with Crippen LogP contribution in [0.15, 0.2) is 6.07 Å². The van der Waals surface area contributed by atoms with Crippen LogP contribution in [0.1, 0.15) is 38.5 Å². The molecule has 0 bridgehead atoms. The van der Waals surface area contributed by atoms with Crippen molar-refractivity contribution in [1.82, 2.24) is 9.97 Å². The normalized spacial score (nSPS) is 11.2. The van der Waals surface area contributed by atoms with Crippen LogP contribution in [0.4, 0.5) is 5.95 Å². The lowest BCUT2D eigenvalue weighted by Crippen LogP contribution is -2.26. The van der Waals surface area contributed by atoms with Crippen molar-refractivity contribution in [2.75, 3.05) is 18.0 Å². The van der Waals surface area contributed by atoms with Gasteiger partial charge in [-0.1, -0.05) is 32.4 Å². The fourth-order valence-corrected chi connectivity index (χ4v) is 3.33. The Balaban J connectivity index is 2.42. The van der Waals surface area contributed by atoms with E-state index in [2.05, 4.69) is 36.7 Å². The lowest BCUT2D eigenvalue weighted by Gasteiger charge is -2.21.